The van der Waals surface area contributed by atoms with Crippen molar-refractivity contribution in [1.82, 2.24) is 0 Å². The Labute approximate surface area is 139 Å². The molecule has 0 saturated carbocycles. The maximum Gasteiger partial charge on any atom is 0.342 e. The van der Waals surface area contributed by atoms with Gasteiger partial charge in [-0.2, -0.15) is 0 Å². The maximum absolute atomic E-state index is 12.3. The van der Waals surface area contributed by atoms with Crippen molar-refractivity contribution in [2.24, 2.45) is 0 Å². The molecular weight excluding hydrogens is 312 g/mol. The number of Topliss-reactive ketones (excluding diaryl/α,β-unsaturated/α-hetero) is 2. The molecule has 24 heavy (non-hydrogen) atoms. The van der Waals surface area contributed by atoms with Crippen molar-refractivity contribution in [2.45, 2.75) is 51.6 Å². The van der Waals surface area contributed by atoms with Crippen LogP contribution in [0.25, 0.3) is 0 Å². The van der Waals surface area contributed by atoms with Gasteiger partial charge in [-0.05, 0) is 32.6 Å². The van der Waals surface area contributed by atoms with Gasteiger partial charge in [-0.1, -0.05) is 12.2 Å². The van der Waals surface area contributed by atoms with Crippen LogP contribution in [0.3, 0.4) is 0 Å². The van der Waals surface area contributed by atoms with Crippen molar-refractivity contribution >= 4 is 23.3 Å². The number of hydrogen-bond donors (Lipinski definition) is 1. The number of aliphatic hydroxyl groups excluding tert-OH is 1. The van der Waals surface area contributed by atoms with Crippen LogP contribution in [0.4, 0.5) is 0 Å². The fourth-order valence-corrected chi connectivity index (χ4v) is 2.65. The fourth-order valence-electron chi connectivity index (χ4n) is 2.65. The SMILES string of the molecule is C[C@H]1CCCC(=O)CCC/C=C\C2=C(C(=O)O1)C(O)=CC(=O)C2=O. The number of esters is 1. The number of carbonyl (C=O) groups is 4. The summed E-state index contributed by atoms with van der Waals surface area (Å²) in [4.78, 5) is 47.7. The lowest BCUT2D eigenvalue weighted by Gasteiger charge is -2.18. The first-order valence-corrected chi connectivity index (χ1v) is 8.03. The molecule has 1 aliphatic heterocycles. The van der Waals surface area contributed by atoms with Gasteiger partial charge in [0.1, 0.15) is 17.1 Å². The second-order valence-electron chi connectivity index (χ2n) is 5.95. The van der Waals surface area contributed by atoms with E-state index in [1.54, 1.807) is 13.0 Å². The van der Waals surface area contributed by atoms with Gasteiger partial charge < -0.3 is 9.84 Å². The lowest BCUT2D eigenvalue weighted by Crippen LogP contribution is -2.26. The van der Waals surface area contributed by atoms with E-state index >= 15 is 0 Å². The summed E-state index contributed by atoms with van der Waals surface area (Å²) in [5.74, 6) is -2.98. The Kier molecular flexibility index (Phi) is 5.84. The van der Waals surface area contributed by atoms with E-state index in [4.69, 9.17) is 4.74 Å². The zero-order valence-corrected chi connectivity index (χ0v) is 13.5. The smallest absolute Gasteiger partial charge is 0.342 e. The zero-order chi connectivity index (χ0) is 17.7. The molecule has 2 rings (SSSR count). The van der Waals surface area contributed by atoms with Gasteiger partial charge in [-0.25, -0.2) is 4.79 Å². The van der Waals surface area contributed by atoms with Crippen LogP contribution in [-0.4, -0.2) is 34.5 Å². The molecule has 0 fully saturated rings. The predicted octanol–water partition coefficient (Wildman–Crippen LogP) is 2.29. The molecule has 1 atom stereocenters. The molecular formula is C18H20O6. The molecule has 6 nitrogen and oxygen atoms in total. The molecule has 0 unspecified atom stereocenters. The number of ketones is 3. The van der Waals surface area contributed by atoms with Gasteiger partial charge in [0.15, 0.2) is 0 Å². The third kappa shape index (κ3) is 4.28. The summed E-state index contributed by atoms with van der Waals surface area (Å²) in [6.45, 7) is 1.68. The number of cyclic esters (lactones) is 1. The lowest BCUT2D eigenvalue weighted by molar-refractivity contribution is -0.144. The molecule has 0 radical (unpaired) electrons. The lowest BCUT2D eigenvalue weighted by atomic mass is 9.93. The molecule has 0 aromatic carbocycles. The fraction of sp³-hybridized carbons (Fsp3) is 0.444. The third-order valence-electron chi connectivity index (χ3n) is 3.95. The summed E-state index contributed by atoms with van der Waals surface area (Å²) in [6.07, 6.45) is 6.40. The first kappa shape index (κ1) is 17.8. The number of aliphatic hydroxyl groups is 1. The van der Waals surface area contributed by atoms with E-state index in [1.165, 1.54) is 6.08 Å². The Morgan fingerprint density at radius 3 is 2.58 bits per heavy atom. The standard InChI is InChI=1S/C18H20O6/c1-11-6-5-8-12(19)7-3-2-4-9-13-16(18(23)24-11)14(20)10-15(21)17(13)22/h4,9-11,20H,2-3,5-8H2,1H3/b9-4-/t11-/m0/s1. The molecule has 0 bridgehead atoms. The molecule has 0 saturated heterocycles. The van der Waals surface area contributed by atoms with Crippen molar-refractivity contribution in [3.8, 4) is 0 Å². The normalized spacial score (nSPS) is 25.5. The summed E-state index contributed by atoms with van der Waals surface area (Å²) in [5.41, 5.74) is -0.448. The molecule has 6 heteroatoms. The Balaban J connectivity index is 2.36. The number of rotatable bonds is 0. The van der Waals surface area contributed by atoms with E-state index in [9.17, 15) is 24.3 Å². The van der Waals surface area contributed by atoms with E-state index in [1.807, 2.05) is 0 Å². The van der Waals surface area contributed by atoms with Gasteiger partial charge in [-0.3, -0.25) is 14.4 Å². The third-order valence-corrected chi connectivity index (χ3v) is 3.95. The molecule has 0 amide bonds. The summed E-state index contributed by atoms with van der Waals surface area (Å²) >= 11 is 0. The quantitative estimate of drug-likeness (QED) is 0.415. The summed E-state index contributed by atoms with van der Waals surface area (Å²) in [7, 11) is 0. The Morgan fingerprint density at radius 1 is 1.12 bits per heavy atom. The van der Waals surface area contributed by atoms with Gasteiger partial charge in [0.25, 0.3) is 0 Å². The minimum Gasteiger partial charge on any atom is -0.507 e. The van der Waals surface area contributed by atoms with Crippen molar-refractivity contribution in [2.75, 3.05) is 0 Å². The molecule has 1 aliphatic carbocycles. The van der Waals surface area contributed by atoms with Crippen LogP contribution in [0.15, 0.2) is 35.1 Å². The van der Waals surface area contributed by atoms with Crippen LogP contribution in [-0.2, 0) is 23.9 Å². The highest BCUT2D eigenvalue weighted by Gasteiger charge is 2.32. The van der Waals surface area contributed by atoms with Crippen molar-refractivity contribution < 1.29 is 29.0 Å². The Bertz CT molecular complexity index is 665. The number of carbonyl (C=O) groups excluding carboxylic acids is 4. The zero-order valence-electron chi connectivity index (χ0n) is 13.5. The highest BCUT2D eigenvalue weighted by atomic mass is 16.5. The highest BCUT2D eigenvalue weighted by Crippen LogP contribution is 2.24. The second-order valence-corrected chi connectivity index (χ2v) is 5.95. The summed E-state index contributed by atoms with van der Waals surface area (Å²) in [5, 5.41) is 9.94. The Morgan fingerprint density at radius 2 is 1.83 bits per heavy atom. The number of allylic oxidation sites excluding steroid dienone is 4. The maximum atomic E-state index is 12.3. The van der Waals surface area contributed by atoms with Crippen LogP contribution in [0.2, 0.25) is 0 Å². The van der Waals surface area contributed by atoms with Gasteiger partial charge in [-0.15, -0.1) is 0 Å². The molecule has 0 aromatic rings. The molecule has 0 aromatic heterocycles. The number of hydrogen-bond acceptors (Lipinski definition) is 6. The van der Waals surface area contributed by atoms with Gasteiger partial charge in [0, 0.05) is 24.5 Å². The van der Waals surface area contributed by atoms with E-state index < -0.39 is 29.4 Å². The first-order chi connectivity index (χ1) is 11.4. The van der Waals surface area contributed by atoms with E-state index in [2.05, 4.69) is 0 Å². The minimum absolute atomic E-state index is 0.156. The summed E-state index contributed by atoms with van der Waals surface area (Å²) in [6, 6.07) is 0. The van der Waals surface area contributed by atoms with E-state index in [0.717, 1.165) is 6.08 Å². The average Bonchev–Trinajstić information content (AvgIpc) is 2.50. The van der Waals surface area contributed by atoms with Crippen LogP contribution in [0.5, 0.6) is 0 Å². The molecule has 1 N–H and O–H groups in total. The van der Waals surface area contributed by atoms with E-state index in [0.29, 0.717) is 38.5 Å². The van der Waals surface area contributed by atoms with Crippen molar-refractivity contribution in [3.05, 3.63) is 35.1 Å². The van der Waals surface area contributed by atoms with Crippen LogP contribution in [0, 0.1) is 0 Å². The molecule has 0 spiro atoms. The minimum atomic E-state index is -0.881. The van der Waals surface area contributed by atoms with Gasteiger partial charge >= 0.3 is 5.97 Å². The van der Waals surface area contributed by atoms with Crippen molar-refractivity contribution in [3.63, 3.8) is 0 Å². The van der Waals surface area contributed by atoms with Gasteiger partial charge in [0.2, 0.25) is 11.6 Å². The molecule has 1 heterocycles. The topological polar surface area (TPSA) is 97.7 Å². The average molecular weight is 332 g/mol. The van der Waals surface area contributed by atoms with Crippen LogP contribution < -0.4 is 0 Å². The second kappa shape index (κ2) is 7.86. The van der Waals surface area contributed by atoms with Gasteiger partial charge in [0.05, 0.1) is 6.10 Å². The highest BCUT2D eigenvalue weighted by molar-refractivity contribution is 6.50. The number of ether oxygens (including phenoxy) is 1. The predicted molar refractivity (Wildman–Crippen MR) is 85.2 cm³/mol. The largest absolute Gasteiger partial charge is 0.507 e. The van der Waals surface area contributed by atoms with Crippen molar-refractivity contribution in [1.29, 1.82) is 0 Å². The molecule has 128 valence electrons. The van der Waals surface area contributed by atoms with E-state index in [-0.39, 0.29) is 16.9 Å². The molecule has 2 aliphatic rings. The first-order valence-electron chi connectivity index (χ1n) is 8.03. The summed E-state index contributed by atoms with van der Waals surface area (Å²) < 4.78 is 5.25. The Hall–Kier alpha value is -2.50. The monoisotopic (exact) mass is 332 g/mol. The van der Waals surface area contributed by atoms with Crippen LogP contribution >= 0.6 is 0 Å². The van der Waals surface area contributed by atoms with Crippen LogP contribution in [0.1, 0.15) is 45.4 Å².